The van der Waals surface area contributed by atoms with E-state index in [9.17, 15) is 4.79 Å². The Kier molecular flexibility index (Phi) is 6.28. The number of hydrogen-bond donors (Lipinski definition) is 1. The molecule has 0 saturated heterocycles. The van der Waals surface area contributed by atoms with Crippen molar-refractivity contribution >= 4 is 28.6 Å². The summed E-state index contributed by atoms with van der Waals surface area (Å²) >= 11 is 0. The topological polar surface area (TPSA) is 86.9 Å². The van der Waals surface area contributed by atoms with Gasteiger partial charge in [0, 0.05) is 30.5 Å². The van der Waals surface area contributed by atoms with E-state index in [1.807, 2.05) is 12.3 Å². The fourth-order valence-corrected chi connectivity index (χ4v) is 3.22. The van der Waals surface area contributed by atoms with E-state index in [-0.39, 0.29) is 12.5 Å². The van der Waals surface area contributed by atoms with Gasteiger partial charge < -0.3 is 14.6 Å². The highest BCUT2D eigenvalue weighted by atomic mass is 16.5. The van der Waals surface area contributed by atoms with Crippen LogP contribution in [-0.2, 0) is 22.6 Å². The molecule has 0 aliphatic rings. The van der Waals surface area contributed by atoms with E-state index >= 15 is 0 Å². The van der Waals surface area contributed by atoms with Gasteiger partial charge in [-0.05, 0) is 24.8 Å². The molecule has 0 saturated carbocycles. The van der Waals surface area contributed by atoms with Crippen molar-refractivity contribution in [3.05, 3.63) is 30.9 Å². The van der Waals surface area contributed by atoms with Crippen LogP contribution in [-0.4, -0.2) is 36.9 Å². The van der Waals surface area contributed by atoms with E-state index in [4.69, 9.17) is 4.74 Å². The molecule has 3 aromatic heterocycles. The molecule has 3 heterocycles. The van der Waals surface area contributed by atoms with Crippen molar-refractivity contribution < 1.29 is 9.53 Å². The standard InChI is InChI=1S/C20H28N6O2/c1-5-15(14(3)4)11-25-8-7-16-9-21-20(24-19(16)25)23-17-10-22-26(12-17)13-18(27)28-6-2/h7-10,12,14-15H,5-6,11,13H2,1-4H3,(H,21,23,24)/t15-/m0/s1. The van der Waals surface area contributed by atoms with Crippen LogP contribution >= 0.6 is 0 Å². The van der Waals surface area contributed by atoms with E-state index in [0.29, 0.717) is 24.4 Å². The first kappa shape index (κ1) is 19.9. The molecule has 0 unspecified atom stereocenters. The molecule has 0 aromatic carbocycles. The van der Waals surface area contributed by atoms with Crippen LogP contribution in [0, 0.1) is 11.8 Å². The summed E-state index contributed by atoms with van der Waals surface area (Å²) in [6, 6.07) is 2.05. The first-order valence-corrected chi connectivity index (χ1v) is 9.77. The number of anilines is 2. The second-order valence-electron chi connectivity index (χ2n) is 7.21. The van der Waals surface area contributed by atoms with Crippen LogP contribution in [0.4, 0.5) is 11.6 Å². The Bertz CT molecular complexity index is 930. The maximum atomic E-state index is 11.6. The van der Waals surface area contributed by atoms with Gasteiger partial charge in [-0.1, -0.05) is 27.2 Å². The Labute approximate surface area is 164 Å². The zero-order valence-electron chi connectivity index (χ0n) is 16.9. The Morgan fingerprint density at radius 3 is 2.82 bits per heavy atom. The quantitative estimate of drug-likeness (QED) is 0.567. The second-order valence-corrected chi connectivity index (χ2v) is 7.21. The van der Waals surface area contributed by atoms with E-state index in [1.54, 1.807) is 19.3 Å². The molecule has 0 aliphatic carbocycles. The first-order valence-electron chi connectivity index (χ1n) is 9.77. The van der Waals surface area contributed by atoms with Crippen LogP contribution in [0.2, 0.25) is 0 Å². The number of hydrogen-bond acceptors (Lipinski definition) is 6. The van der Waals surface area contributed by atoms with Crippen LogP contribution < -0.4 is 5.32 Å². The number of carbonyl (C=O) groups excluding carboxylic acids is 1. The molecule has 1 atom stereocenters. The molecule has 0 radical (unpaired) electrons. The molecular formula is C20H28N6O2. The van der Waals surface area contributed by atoms with Crippen LogP contribution in [0.15, 0.2) is 30.9 Å². The average molecular weight is 384 g/mol. The highest BCUT2D eigenvalue weighted by Crippen LogP contribution is 2.22. The maximum Gasteiger partial charge on any atom is 0.327 e. The molecule has 0 fully saturated rings. The molecule has 0 spiro atoms. The third-order valence-corrected chi connectivity index (χ3v) is 4.89. The van der Waals surface area contributed by atoms with E-state index in [1.165, 1.54) is 4.68 Å². The lowest BCUT2D eigenvalue weighted by Gasteiger charge is -2.20. The minimum Gasteiger partial charge on any atom is -0.465 e. The molecule has 150 valence electrons. The van der Waals surface area contributed by atoms with Crippen molar-refractivity contribution in [3.8, 4) is 0 Å². The van der Waals surface area contributed by atoms with E-state index in [2.05, 4.69) is 51.9 Å². The number of nitrogens with one attached hydrogen (secondary N) is 1. The molecule has 0 bridgehead atoms. The minimum atomic E-state index is -0.316. The number of nitrogens with zero attached hydrogens (tertiary/aromatic N) is 5. The Hall–Kier alpha value is -2.90. The van der Waals surface area contributed by atoms with Crippen molar-refractivity contribution in [2.45, 2.75) is 47.2 Å². The van der Waals surface area contributed by atoms with Crippen LogP contribution in [0.25, 0.3) is 11.0 Å². The minimum absolute atomic E-state index is 0.0753. The number of aromatic nitrogens is 5. The molecule has 0 aliphatic heterocycles. The fourth-order valence-electron chi connectivity index (χ4n) is 3.22. The van der Waals surface area contributed by atoms with Gasteiger partial charge in [0.2, 0.25) is 5.95 Å². The summed E-state index contributed by atoms with van der Waals surface area (Å²) in [7, 11) is 0. The molecular weight excluding hydrogens is 356 g/mol. The Morgan fingerprint density at radius 1 is 1.29 bits per heavy atom. The second kappa shape index (κ2) is 8.86. The van der Waals surface area contributed by atoms with Gasteiger partial charge in [0.05, 0.1) is 18.5 Å². The number of esters is 1. The van der Waals surface area contributed by atoms with Gasteiger partial charge in [-0.25, -0.2) is 4.98 Å². The van der Waals surface area contributed by atoms with Gasteiger partial charge in [0.15, 0.2) is 0 Å². The third kappa shape index (κ3) is 4.68. The third-order valence-electron chi connectivity index (χ3n) is 4.89. The van der Waals surface area contributed by atoms with Gasteiger partial charge in [0.1, 0.15) is 12.2 Å². The molecule has 3 rings (SSSR count). The first-order chi connectivity index (χ1) is 13.5. The molecule has 8 heteroatoms. The predicted octanol–water partition coefficient (Wildman–Crippen LogP) is 3.62. The lowest BCUT2D eigenvalue weighted by atomic mass is 9.93. The van der Waals surface area contributed by atoms with Gasteiger partial charge in [-0.3, -0.25) is 9.48 Å². The fraction of sp³-hybridized carbons (Fsp3) is 0.500. The van der Waals surface area contributed by atoms with Crippen molar-refractivity contribution in [1.82, 2.24) is 24.3 Å². The Balaban J connectivity index is 1.74. The maximum absolute atomic E-state index is 11.6. The van der Waals surface area contributed by atoms with Gasteiger partial charge in [-0.2, -0.15) is 10.1 Å². The molecule has 0 amide bonds. The van der Waals surface area contributed by atoms with Crippen LogP contribution in [0.1, 0.15) is 34.1 Å². The summed E-state index contributed by atoms with van der Waals surface area (Å²) in [5, 5.41) is 8.34. The zero-order valence-corrected chi connectivity index (χ0v) is 16.9. The van der Waals surface area contributed by atoms with Gasteiger partial charge in [-0.15, -0.1) is 0 Å². The van der Waals surface area contributed by atoms with Crippen LogP contribution in [0.3, 0.4) is 0 Å². The van der Waals surface area contributed by atoms with E-state index < -0.39 is 0 Å². The van der Waals surface area contributed by atoms with Crippen molar-refractivity contribution in [2.24, 2.45) is 11.8 Å². The summed E-state index contributed by atoms with van der Waals surface area (Å²) in [6.07, 6.45) is 8.40. The number of carbonyl (C=O) groups is 1. The summed E-state index contributed by atoms with van der Waals surface area (Å²) in [5.74, 6) is 1.40. The lowest BCUT2D eigenvalue weighted by Crippen LogP contribution is -2.15. The smallest absolute Gasteiger partial charge is 0.327 e. The van der Waals surface area contributed by atoms with E-state index in [0.717, 1.165) is 29.7 Å². The Morgan fingerprint density at radius 2 is 2.11 bits per heavy atom. The van der Waals surface area contributed by atoms with Gasteiger partial charge >= 0.3 is 5.97 Å². The number of rotatable bonds is 9. The zero-order chi connectivity index (χ0) is 20.1. The molecule has 28 heavy (non-hydrogen) atoms. The summed E-state index contributed by atoms with van der Waals surface area (Å²) in [6.45, 7) is 9.89. The normalized spacial score (nSPS) is 12.5. The molecule has 8 nitrogen and oxygen atoms in total. The lowest BCUT2D eigenvalue weighted by molar-refractivity contribution is -0.144. The summed E-state index contributed by atoms with van der Waals surface area (Å²) in [5.41, 5.74) is 1.63. The highest BCUT2D eigenvalue weighted by Gasteiger charge is 2.14. The average Bonchev–Trinajstić information content (AvgIpc) is 3.26. The van der Waals surface area contributed by atoms with Gasteiger partial charge in [0.25, 0.3) is 0 Å². The summed E-state index contributed by atoms with van der Waals surface area (Å²) in [4.78, 5) is 20.6. The SMILES string of the molecule is CCOC(=O)Cn1cc(Nc2ncc3ccn(C[C@H](CC)C(C)C)c3n2)cn1. The monoisotopic (exact) mass is 384 g/mol. The largest absolute Gasteiger partial charge is 0.465 e. The predicted molar refractivity (Wildman–Crippen MR) is 108 cm³/mol. The van der Waals surface area contributed by atoms with Crippen molar-refractivity contribution in [3.63, 3.8) is 0 Å². The summed E-state index contributed by atoms with van der Waals surface area (Å²) < 4.78 is 8.65. The van der Waals surface area contributed by atoms with Crippen LogP contribution in [0.5, 0.6) is 0 Å². The van der Waals surface area contributed by atoms with Crippen molar-refractivity contribution in [2.75, 3.05) is 11.9 Å². The van der Waals surface area contributed by atoms with Crippen molar-refractivity contribution in [1.29, 1.82) is 0 Å². The number of ether oxygens (including phenoxy) is 1. The molecule has 3 aromatic rings. The number of fused-ring (bicyclic) bond motifs is 1. The highest BCUT2D eigenvalue weighted by molar-refractivity contribution is 5.76. The molecule has 1 N–H and O–H groups in total.